The Bertz CT molecular complexity index is 1050. The lowest BCUT2D eigenvalue weighted by atomic mass is 10.1. The van der Waals surface area contributed by atoms with E-state index in [0.29, 0.717) is 22.0 Å². The summed E-state index contributed by atoms with van der Waals surface area (Å²) >= 11 is 5.87. The highest BCUT2D eigenvalue weighted by Crippen LogP contribution is 2.31. The molecule has 1 N–H and O–H groups in total. The second-order valence-electron chi connectivity index (χ2n) is 4.53. The Labute approximate surface area is 134 Å². The molecule has 0 radical (unpaired) electrons. The van der Waals surface area contributed by atoms with Crippen molar-refractivity contribution in [2.24, 2.45) is 0 Å². The lowest BCUT2D eigenvalue weighted by Gasteiger charge is -2.07. The van der Waals surface area contributed by atoms with Crippen LogP contribution in [0.5, 0.6) is 0 Å². The summed E-state index contributed by atoms with van der Waals surface area (Å²) in [6, 6.07) is 11.3. The van der Waals surface area contributed by atoms with Crippen LogP contribution >= 0.6 is 22.3 Å². The van der Waals surface area contributed by atoms with E-state index in [4.69, 9.17) is 22.3 Å². The number of fused-ring (bicyclic) bond motifs is 1. The third-order valence-electron chi connectivity index (χ3n) is 3.16. The zero-order valence-corrected chi connectivity index (χ0v) is 13.2. The van der Waals surface area contributed by atoms with E-state index in [9.17, 15) is 13.2 Å². The van der Waals surface area contributed by atoms with Gasteiger partial charge in [-0.3, -0.25) is 4.79 Å². The van der Waals surface area contributed by atoms with E-state index in [1.165, 1.54) is 12.1 Å². The van der Waals surface area contributed by atoms with Gasteiger partial charge in [0.15, 0.2) is 0 Å². The van der Waals surface area contributed by atoms with E-state index in [1.807, 2.05) is 0 Å². The Hall–Kier alpha value is -1.89. The second kappa shape index (κ2) is 5.39. The van der Waals surface area contributed by atoms with Gasteiger partial charge >= 0.3 is 0 Å². The summed E-state index contributed by atoms with van der Waals surface area (Å²) in [5.74, 6) is 0. The smallest absolute Gasteiger partial charge is 0.267 e. The highest BCUT2D eigenvalue weighted by atomic mass is 35.7. The van der Waals surface area contributed by atoms with Gasteiger partial charge in [0.2, 0.25) is 0 Å². The molecule has 0 bridgehead atoms. The average molecular weight is 355 g/mol. The average Bonchev–Trinajstić information content (AvgIpc) is 2.48. The largest absolute Gasteiger partial charge is 0.272 e. The van der Waals surface area contributed by atoms with Gasteiger partial charge in [-0.2, -0.15) is 5.10 Å². The first-order chi connectivity index (χ1) is 10.4. The maximum atomic E-state index is 11.8. The lowest BCUT2D eigenvalue weighted by Crippen LogP contribution is -2.09. The van der Waals surface area contributed by atoms with E-state index in [1.54, 1.807) is 30.3 Å². The third-order valence-corrected chi connectivity index (χ3v) is 4.97. The van der Waals surface area contributed by atoms with Crippen LogP contribution < -0.4 is 5.56 Å². The fourth-order valence-electron chi connectivity index (χ4n) is 2.17. The van der Waals surface area contributed by atoms with Crippen molar-refractivity contribution in [3.63, 3.8) is 0 Å². The summed E-state index contributed by atoms with van der Waals surface area (Å²) in [7, 11) is 1.39. The Morgan fingerprint density at radius 3 is 2.41 bits per heavy atom. The molecule has 0 aliphatic heterocycles. The number of aromatic nitrogens is 2. The SMILES string of the molecule is O=c1[nH]nc(-c2ccc(Cl)c(S(=O)(=O)Cl)c2)c2ccccc12. The molecule has 0 aliphatic carbocycles. The Balaban J connectivity index is 2.34. The number of benzene rings is 2. The molecule has 0 amide bonds. The van der Waals surface area contributed by atoms with Crippen LogP contribution in [0.25, 0.3) is 22.0 Å². The van der Waals surface area contributed by atoms with E-state index in [0.717, 1.165) is 0 Å². The topological polar surface area (TPSA) is 79.9 Å². The van der Waals surface area contributed by atoms with E-state index in [2.05, 4.69) is 10.2 Å². The Morgan fingerprint density at radius 2 is 1.73 bits per heavy atom. The maximum Gasteiger partial charge on any atom is 0.272 e. The minimum Gasteiger partial charge on any atom is -0.267 e. The number of hydrogen-bond acceptors (Lipinski definition) is 4. The van der Waals surface area contributed by atoms with Crippen LogP contribution in [0.3, 0.4) is 0 Å². The monoisotopic (exact) mass is 354 g/mol. The van der Waals surface area contributed by atoms with Gasteiger partial charge in [0.1, 0.15) is 4.90 Å². The molecule has 3 aromatic rings. The van der Waals surface area contributed by atoms with Crippen LogP contribution in [0.1, 0.15) is 0 Å². The van der Waals surface area contributed by atoms with Gasteiger partial charge in [0.05, 0.1) is 16.1 Å². The number of nitrogens with zero attached hydrogens (tertiary/aromatic N) is 1. The molecule has 22 heavy (non-hydrogen) atoms. The third kappa shape index (κ3) is 2.61. The van der Waals surface area contributed by atoms with Gasteiger partial charge in [-0.15, -0.1) is 0 Å². The van der Waals surface area contributed by atoms with Crippen molar-refractivity contribution in [1.29, 1.82) is 0 Å². The molecular weight excluding hydrogens is 347 g/mol. The van der Waals surface area contributed by atoms with Crippen molar-refractivity contribution in [1.82, 2.24) is 10.2 Å². The highest BCUT2D eigenvalue weighted by Gasteiger charge is 2.17. The van der Waals surface area contributed by atoms with Crippen LogP contribution in [0.15, 0.2) is 52.2 Å². The van der Waals surface area contributed by atoms with Gasteiger partial charge in [0, 0.05) is 21.6 Å². The normalized spacial score (nSPS) is 11.7. The molecule has 0 atom stereocenters. The summed E-state index contributed by atoms with van der Waals surface area (Å²) in [5.41, 5.74) is 0.600. The number of halogens is 2. The molecule has 0 unspecified atom stereocenters. The molecular formula is C14H8Cl2N2O3S. The van der Waals surface area contributed by atoms with Crippen LogP contribution in [0.2, 0.25) is 5.02 Å². The molecule has 0 aliphatic rings. The van der Waals surface area contributed by atoms with E-state index < -0.39 is 9.05 Å². The predicted molar refractivity (Wildman–Crippen MR) is 85.8 cm³/mol. The van der Waals surface area contributed by atoms with Gasteiger partial charge in [0.25, 0.3) is 14.6 Å². The first kappa shape index (κ1) is 15.0. The van der Waals surface area contributed by atoms with Crippen molar-refractivity contribution in [3.8, 4) is 11.3 Å². The lowest BCUT2D eigenvalue weighted by molar-refractivity contribution is 0.609. The van der Waals surface area contributed by atoms with Crippen molar-refractivity contribution < 1.29 is 8.42 Å². The molecule has 3 rings (SSSR count). The van der Waals surface area contributed by atoms with Crippen molar-refractivity contribution in [2.45, 2.75) is 4.90 Å². The summed E-state index contributed by atoms with van der Waals surface area (Å²) in [6.07, 6.45) is 0. The fraction of sp³-hybridized carbons (Fsp3) is 0. The molecule has 2 aromatic carbocycles. The van der Waals surface area contributed by atoms with Gasteiger partial charge in [-0.05, 0) is 18.2 Å². The van der Waals surface area contributed by atoms with Gasteiger partial charge in [-0.1, -0.05) is 35.9 Å². The first-order valence-electron chi connectivity index (χ1n) is 6.10. The minimum absolute atomic E-state index is 0.0208. The van der Waals surface area contributed by atoms with Crippen LogP contribution in [0.4, 0.5) is 0 Å². The van der Waals surface area contributed by atoms with E-state index >= 15 is 0 Å². The van der Waals surface area contributed by atoms with Crippen molar-refractivity contribution >= 4 is 42.1 Å². The molecule has 1 heterocycles. The van der Waals surface area contributed by atoms with Crippen molar-refractivity contribution in [2.75, 3.05) is 0 Å². The number of rotatable bonds is 2. The predicted octanol–water partition coefficient (Wildman–Crippen LogP) is 3.17. The molecule has 0 saturated heterocycles. The molecule has 1 aromatic heterocycles. The van der Waals surface area contributed by atoms with Crippen LogP contribution in [-0.4, -0.2) is 18.6 Å². The number of nitrogens with one attached hydrogen (secondary N) is 1. The van der Waals surface area contributed by atoms with Crippen LogP contribution in [0, 0.1) is 0 Å². The summed E-state index contributed by atoms with van der Waals surface area (Å²) in [4.78, 5) is 11.6. The Kier molecular flexibility index (Phi) is 3.68. The summed E-state index contributed by atoms with van der Waals surface area (Å²) in [5, 5.41) is 7.48. The van der Waals surface area contributed by atoms with Gasteiger partial charge in [-0.25, -0.2) is 13.5 Å². The second-order valence-corrected chi connectivity index (χ2v) is 7.47. The minimum atomic E-state index is -3.98. The summed E-state index contributed by atoms with van der Waals surface area (Å²) < 4.78 is 23.1. The Morgan fingerprint density at radius 1 is 1.05 bits per heavy atom. The number of H-pyrrole nitrogens is 1. The standard InChI is InChI=1S/C14H8Cl2N2O3S/c15-11-6-5-8(7-12(11)22(16,20)21)13-9-3-1-2-4-10(9)14(19)18-17-13/h1-7H,(H,18,19). The summed E-state index contributed by atoms with van der Waals surface area (Å²) in [6.45, 7) is 0. The van der Waals surface area contributed by atoms with Gasteiger partial charge < -0.3 is 0 Å². The van der Waals surface area contributed by atoms with Crippen molar-refractivity contribution in [3.05, 3.63) is 57.8 Å². The zero-order valence-electron chi connectivity index (χ0n) is 10.9. The number of hydrogen-bond donors (Lipinski definition) is 1. The van der Waals surface area contributed by atoms with E-state index in [-0.39, 0.29) is 15.5 Å². The molecule has 5 nitrogen and oxygen atoms in total. The zero-order chi connectivity index (χ0) is 15.9. The quantitative estimate of drug-likeness (QED) is 0.716. The molecule has 112 valence electrons. The molecule has 8 heteroatoms. The first-order valence-corrected chi connectivity index (χ1v) is 8.78. The molecule has 0 saturated carbocycles. The molecule has 0 fully saturated rings. The van der Waals surface area contributed by atoms with Crippen LogP contribution in [-0.2, 0) is 9.05 Å². The highest BCUT2D eigenvalue weighted by molar-refractivity contribution is 8.13. The number of aromatic amines is 1. The fourth-order valence-corrected chi connectivity index (χ4v) is 3.66. The maximum absolute atomic E-state index is 11.8. The molecule has 0 spiro atoms.